The van der Waals surface area contributed by atoms with Crippen LogP contribution in [0, 0.1) is 0 Å². The van der Waals surface area contributed by atoms with Crippen LogP contribution >= 0.6 is 17.0 Å². The van der Waals surface area contributed by atoms with Crippen LogP contribution < -0.4 is 5.32 Å². The predicted molar refractivity (Wildman–Crippen MR) is 71.5 cm³/mol. The molecule has 0 saturated heterocycles. The van der Waals surface area contributed by atoms with E-state index in [0.717, 1.165) is 12.0 Å². The van der Waals surface area contributed by atoms with Gasteiger partial charge in [-0.05, 0) is 31.0 Å². The summed E-state index contributed by atoms with van der Waals surface area (Å²) in [6, 6.07) is 5.76. The fourth-order valence-electron chi connectivity index (χ4n) is 1.68. The first kappa shape index (κ1) is 15.3. The zero-order valence-electron chi connectivity index (χ0n) is 9.90. The van der Waals surface area contributed by atoms with Crippen LogP contribution in [0.25, 0.3) is 0 Å². The molecule has 3 nitrogen and oxygen atoms in total. The van der Waals surface area contributed by atoms with Crippen LogP contribution in [0.15, 0.2) is 18.2 Å². The van der Waals surface area contributed by atoms with E-state index in [2.05, 4.69) is 26.1 Å². The van der Waals surface area contributed by atoms with E-state index < -0.39 is 0 Å². The summed E-state index contributed by atoms with van der Waals surface area (Å²) in [4.78, 5) is 0. The van der Waals surface area contributed by atoms with Crippen LogP contribution in [-0.4, -0.2) is 22.3 Å². The zero-order valence-corrected chi connectivity index (χ0v) is 11.6. The molecular formula is C12H20BrNO2. The molecule has 1 rings (SSSR count). The normalized spacial score (nSPS) is 12.2. The second kappa shape index (κ2) is 6.76. The molecule has 0 fully saturated rings. The van der Waals surface area contributed by atoms with Gasteiger partial charge in [-0.2, -0.15) is 0 Å². The summed E-state index contributed by atoms with van der Waals surface area (Å²) in [6.07, 6.45) is 0.839. The summed E-state index contributed by atoms with van der Waals surface area (Å²) in [5, 5.41) is 21.9. The van der Waals surface area contributed by atoms with Crippen molar-refractivity contribution >= 4 is 17.0 Å². The van der Waals surface area contributed by atoms with E-state index in [0.29, 0.717) is 12.1 Å². The topological polar surface area (TPSA) is 52.5 Å². The molecule has 0 radical (unpaired) electrons. The van der Waals surface area contributed by atoms with E-state index in [1.807, 2.05) is 6.07 Å². The van der Waals surface area contributed by atoms with Crippen molar-refractivity contribution in [3.8, 4) is 11.5 Å². The number of hydrogen-bond donors (Lipinski definition) is 3. The predicted octanol–water partition coefficient (Wildman–Crippen LogP) is 2.60. The van der Waals surface area contributed by atoms with E-state index in [4.69, 9.17) is 5.11 Å². The van der Waals surface area contributed by atoms with Crippen LogP contribution in [-0.2, 0) is 6.42 Å². The van der Waals surface area contributed by atoms with E-state index in [-0.39, 0.29) is 28.5 Å². The van der Waals surface area contributed by atoms with Crippen LogP contribution in [0.1, 0.15) is 26.3 Å². The molecule has 1 unspecified atom stereocenters. The Morgan fingerprint density at radius 2 is 1.75 bits per heavy atom. The van der Waals surface area contributed by atoms with Gasteiger partial charge in [0.1, 0.15) is 0 Å². The molecule has 4 heteroatoms. The molecule has 3 N–H and O–H groups in total. The highest BCUT2D eigenvalue weighted by Crippen LogP contribution is 2.25. The Labute approximate surface area is 107 Å². The lowest BCUT2D eigenvalue weighted by Crippen LogP contribution is -2.33. The Bertz CT molecular complexity index is 329. The van der Waals surface area contributed by atoms with Crippen LogP contribution in [0.4, 0.5) is 0 Å². The SMILES string of the molecule is Br.CC(C)NC(C)Cc1ccc(O)c(O)c1. The lowest BCUT2D eigenvalue weighted by Gasteiger charge is -2.16. The van der Waals surface area contributed by atoms with Gasteiger partial charge in [0.15, 0.2) is 11.5 Å². The minimum absolute atomic E-state index is 0. The quantitative estimate of drug-likeness (QED) is 0.747. The molecule has 0 aliphatic rings. The Balaban J connectivity index is 0.00000225. The molecule has 0 heterocycles. The van der Waals surface area contributed by atoms with Gasteiger partial charge in [-0.15, -0.1) is 17.0 Å². The van der Waals surface area contributed by atoms with Gasteiger partial charge < -0.3 is 15.5 Å². The summed E-state index contributed by atoms with van der Waals surface area (Å²) in [5.41, 5.74) is 1.02. The third-order valence-corrected chi connectivity index (χ3v) is 2.20. The highest BCUT2D eigenvalue weighted by Gasteiger charge is 2.06. The van der Waals surface area contributed by atoms with E-state index >= 15 is 0 Å². The number of phenols is 2. The molecule has 0 aromatic heterocycles. The average molecular weight is 290 g/mol. The number of aromatic hydroxyl groups is 2. The average Bonchev–Trinajstić information content (AvgIpc) is 2.10. The van der Waals surface area contributed by atoms with Crippen LogP contribution in [0.5, 0.6) is 11.5 Å². The van der Waals surface area contributed by atoms with Crippen molar-refractivity contribution < 1.29 is 10.2 Å². The molecule has 1 aromatic carbocycles. The van der Waals surface area contributed by atoms with E-state index in [1.54, 1.807) is 6.07 Å². The lowest BCUT2D eigenvalue weighted by atomic mass is 10.1. The molecule has 0 aliphatic heterocycles. The van der Waals surface area contributed by atoms with Crippen molar-refractivity contribution in [1.29, 1.82) is 0 Å². The second-order valence-corrected chi connectivity index (χ2v) is 4.25. The fourth-order valence-corrected chi connectivity index (χ4v) is 1.68. The minimum atomic E-state index is -0.0665. The maximum atomic E-state index is 9.32. The summed E-state index contributed by atoms with van der Waals surface area (Å²) in [6.45, 7) is 6.31. The highest BCUT2D eigenvalue weighted by atomic mass is 79.9. The first-order chi connectivity index (χ1) is 6.99. The number of phenolic OH excluding ortho intramolecular Hbond substituents is 2. The fraction of sp³-hybridized carbons (Fsp3) is 0.500. The van der Waals surface area contributed by atoms with Crippen LogP contribution in [0.2, 0.25) is 0 Å². The van der Waals surface area contributed by atoms with Gasteiger partial charge in [-0.3, -0.25) is 0 Å². The summed E-state index contributed by atoms with van der Waals surface area (Å²) in [5.74, 6) is -0.118. The van der Waals surface area contributed by atoms with Crippen LogP contribution in [0.3, 0.4) is 0 Å². The molecule has 0 bridgehead atoms. The molecule has 16 heavy (non-hydrogen) atoms. The molecule has 0 spiro atoms. The van der Waals surface area contributed by atoms with Gasteiger partial charge >= 0.3 is 0 Å². The molecule has 1 atom stereocenters. The van der Waals surface area contributed by atoms with Gasteiger partial charge in [0.2, 0.25) is 0 Å². The number of halogens is 1. The third kappa shape index (κ3) is 4.86. The van der Waals surface area contributed by atoms with E-state index in [9.17, 15) is 5.11 Å². The Hall–Kier alpha value is -0.740. The van der Waals surface area contributed by atoms with Crippen molar-refractivity contribution in [2.24, 2.45) is 0 Å². The summed E-state index contributed by atoms with van der Waals surface area (Å²) < 4.78 is 0. The molecular weight excluding hydrogens is 270 g/mol. The summed E-state index contributed by atoms with van der Waals surface area (Å²) in [7, 11) is 0. The lowest BCUT2D eigenvalue weighted by molar-refractivity contribution is 0.402. The van der Waals surface area contributed by atoms with Crippen molar-refractivity contribution in [1.82, 2.24) is 5.32 Å². The highest BCUT2D eigenvalue weighted by molar-refractivity contribution is 8.93. The smallest absolute Gasteiger partial charge is 0.157 e. The van der Waals surface area contributed by atoms with E-state index in [1.165, 1.54) is 6.07 Å². The Morgan fingerprint density at radius 3 is 2.25 bits per heavy atom. The first-order valence-electron chi connectivity index (χ1n) is 5.26. The maximum absolute atomic E-state index is 9.32. The Kier molecular flexibility index (Phi) is 6.45. The summed E-state index contributed by atoms with van der Waals surface area (Å²) >= 11 is 0. The maximum Gasteiger partial charge on any atom is 0.157 e. The van der Waals surface area contributed by atoms with Crippen molar-refractivity contribution in [3.63, 3.8) is 0 Å². The Morgan fingerprint density at radius 1 is 1.12 bits per heavy atom. The van der Waals surface area contributed by atoms with Crippen molar-refractivity contribution in [2.45, 2.75) is 39.3 Å². The second-order valence-electron chi connectivity index (χ2n) is 4.25. The van der Waals surface area contributed by atoms with Crippen molar-refractivity contribution in [3.05, 3.63) is 23.8 Å². The number of hydrogen-bond acceptors (Lipinski definition) is 3. The largest absolute Gasteiger partial charge is 0.504 e. The van der Waals surface area contributed by atoms with Gasteiger partial charge in [-0.1, -0.05) is 19.9 Å². The molecule has 0 aliphatic carbocycles. The van der Waals surface area contributed by atoms with Gasteiger partial charge in [0.25, 0.3) is 0 Å². The minimum Gasteiger partial charge on any atom is -0.504 e. The zero-order chi connectivity index (χ0) is 11.4. The van der Waals surface area contributed by atoms with Crippen molar-refractivity contribution in [2.75, 3.05) is 0 Å². The third-order valence-electron chi connectivity index (χ3n) is 2.20. The molecule has 0 saturated carbocycles. The molecule has 92 valence electrons. The number of nitrogens with one attached hydrogen (secondary N) is 1. The first-order valence-corrected chi connectivity index (χ1v) is 5.26. The molecule has 1 aromatic rings. The standard InChI is InChI=1S/C12H19NO2.BrH/c1-8(2)13-9(3)6-10-4-5-11(14)12(15)7-10;/h4-5,7-9,13-15H,6H2,1-3H3;1H. The number of benzene rings is 1. The van der Waals surface area contributed by atoms with Gasteiger partial charge in [0, 0.05) is 12.1 Å². The number of rotatable bonds is 4. The van der Waals surface area contributed by atoms with Gasteiger partial charge in [0.05, 0.1) is 0 Å². The molecule has 0 amide bonds. The van der Waals surface area contributed by atoms with Gasteiger partial charge in [-0.25, -0.2) is 0 Å². The monoisotopic (exact) mass is 289 g/mol.